The average molecular weight is 262 g/mol. The van der Waals surface area contributed by atoms with Gasteiger partial charge in [-0.2, -0.15) is 0 Å². The molecule has 0 amide bonds. The van der Waals surface area contributed by atoms with Crippen molar-refractivity contribution >= 4 is 0 Å². The first kappa shape index (κ1) is 13.1. The molecule has 4 heteroatoms. The maximum atomic E-state index is 4.59. The second kappa shape index (κ2) is 4.30. The minimum absolute atomic E-state index is 0.0586. The molecule has 19 heavy (non-hydrogen) atoms. The van der Waals surface area contributed by atoms with Crippen molar-refractivity contribution in [3.63, 3.8) is 0 Å². The van der Waals surface area contributed by atoms with Crippen molar-refractivity contribution in [2.75, 3.05) is 7.05 Å². The quantitative estimate of drug-likeness (QED) is 0.818. The molecule has 0 radical (unpaired) electrons. The van der Waals surface area contributed by atoms with Crippen LogP contribution in [0.1, 0.15) is 77.0 Å². The number of aromatic nitrogens is 3. The van der Waals surface area contributed by atoms with Crippen LogP contribution in [0.4, 0.5) is 0 Å². The van der Waals surface area contributed by atoms with Crippen LogP contribution in [0.5, 0.6) is 0 Å². The molecule has 1 aromatic heterocycles. The molecule has 0 bridgehead atoms. The van der Waals surface area contributed by atoms with E-state index in [4.69, 9.17) is 0 Å². The van der Waals surface area contributed by atoms with Gasteiger partial charge in [-0.25, -0.2) is 0 Å². The van der Waals surface area contributed by atoms with Gasteiger partial charge in [0.15, 0.2) is 5.82 Å². The molecule has 2 aliphatic carbocycles. The summed E-state index contributed by atoms with van der Waals surface area (Å²) in [5.74, 6) is 3.10. The smallest absolute Gasteiger partial charge is 0.153 e. The lowest BCUT2D eigenvalue weighted by Gasteiger charge is -2.38. The summed E-state index contributed by atoms with van der Waals surface area (Å²) in [6.07, 6.45) is 5.19. The zero-order valence-electron chi connectivity index (χ0n) is 12.8. The highest BCUT2D eigenvalue weighted by Crippen LogP contribution is 2.46. The van der Waals surface area contributed by atoms with E-state index in [1.165, 1.54) is 31.5 Å². The Morgan fingerprint density at radius 2 is 1.79 bits per heavy atom. The summed E-state index contributed by atoms with van der Waals surface area (Å²) >= 11 is 0. The number of hydrogen-bond donors (Lipinski definition) is 0. The zero-order chi connectivity index (χ0) is 13.8. The van der Waals surface area contributed by atoms with Crippen LogP contribution in [0.2, 0.25) is 0 Å². The van der Waals surface area contributed by atoms with Crippen LogP contribution >= 0.6 is 0 Å². The van der Waals surface area contributed by atoms with Gasteiger partial charge in [-0.3, -0.25) is 4.90 Å². The predicted octanol–water partition coefficient (Wildman–Crippen LogP) is 3.07. The lowest BCUT2D eigenvalue weighted by molar-refractivity contribution is 0.105. The fourth-order valence-corrected chi connectivity index (χ4v) is 2.84. The largest absolute Gasteiger partial charge is 0.310 e. The van der Waals surface area contributed by atoms with E-state index >= 15 is 0 Å². The highest BCUT2D eigenvalue weighted by atomic mass is 15.4. The van der Waals surface area contributed by atoms with Crippen LogP contribution in [0, 0.1) is 0 Å². The van der Waals surface area contributed by atoms with Crippen LogP contribution in [0.25, 0.3) is 0 Å². The molecule has 4 nitrogen and oxygen atoms in total. The fraction of sp³-hybridized carbons (Fsp3) is 0.867. The summed E-state index contributed by atoms with van der Waals surface area (Å²) in [4.78, 5) is 2.40. The van der Waals surface area contributed by atoms with Crippen LogP contribution in [0.15, 0.2) is 0 Å². The molecule has 1 aromatic rings. The van der Waals surface area contributed by atoms with Gasteiger partial charge >= 0.3 is 0 Å². The zero-order valence-corrected chi connectivity index (χ0v) is 12.8. The Bertz CT molecular complexity index is 466. The van der Waals surface area contributed by atoms with E-state index in [1.807, 2.05) is 0 Å². The first-order valence-electron chi connectivity index (χ1n) is 7.61. The van der Waals surface area contributed by atoms with Crippen molar-refractivity contribution in [2.24, 2.45) is 0 Å². The van der Waals surface area contributed by atoms with Gasteiger partial charge in [0, 0.05) is 18.0 Å². The SMILES string of the molecule is CC(C)N(C)C(C)(C)c1nnc(C2CC2)n1C1CC1. The van der Waals surface area contributed by atoms with E-state index in [-0.39, 0.29) is 5.54 Å². The van der Waals surface area contributed by atoms with Gasteiger partial charge in [0.2, 0.25) is 0 Å². The molecule has 2 fully saturated rings. The third-order valence-electron chi connectivity index (χ3n) is 4.78. The number of hydrogen-bond acceptors (Lipinski definition) is 3. The Kier molecular flexibility index (Phi) is 2.97. The van der Waals surface area contributed by atoms with Crippen LogP contribution in [-0.4, -0.2) is 32.8 Å². The van der Waals surface area contributed by atoms with E-state index in [2.05, 4.69) is 54.4 Å². The lowest BCUT2D eigenvalue weighted by Crippen LogP contribution is -2.44. The van der Waals surface area contributed by atoms with Crippen molar-refractivity contribution in [3.8, 4) is 0 Å². The molecule has 1 heterocycles. The summed E-state index contributed by atoms with van der Waals surface area (Å²) in [6.45, 7) is 9.02. The Balaban J connectivity index is 1.99. The molecule has 2 saturated carbocycles. The van der Waals surface area contributed by atoms with Crippen molar-refractivity contribution in [1.82, 2.24) is 19.7 Å². The molecule has 0 saturated heterocycles. The Hall–Kier alpha value is -0.900. The first-order chi connectivity index (χ1) is 8.93. The van der Waals surface area contributed by atoms with Gasteiger partial charge in [0.25, 0.3) is 0 Å². The highest BCUT2D eigenvalue weighted by molar-refractivity contribution is 5.16. The molecular weight excluding hydrogens is 236 g/mol. The van der Waals surface area contributed by atoms with Crippen LogP contribution in [-0.2, 0) is 5.54 Å². The molecular formula is C15H26N4. The van der Waals surface area contributed by atoms with Gasteiger partial charge in [-0.05, 0) is 60.4 Å². The summed E-state index contributed by atoms with van der Waals surface area (Å²) in [5.41, 5.74) is -0.0586. The van der Waals surface area contributed by atoms with Crippen molar-refractivity contribution in [2.45, 2.75) is 76.9 Å². The number of nitrogens with zero attached hydrogens (tertiary/aromatic N) is 4. The van der Waals surface area contributed by atoms with Gasteiger partial charge in [0.1, 0.15) is 5.82 Å². The Morgan fingerprint density at radius 3 is 2.26 bits per heavy atom. The molecule has 0 atom stereocenters. The predicted molar refractivity (Wildman–Crippen MR) is 76.2 cm³/mol. The summed E-state index contributed by atoms with van der Waals surface area (Å²) in [7, 11) is 2.19. The third kappa shape index (κ3) is 2.20. The first-order valence-corrected chi connectivity index (χ1v) is 7.61. The molecule has 3 rings (SSSR count). The summed E-state index contributed by atoms with van der Waals surface area (Å²) in [6, 6.07) is 1.17. The van der Waals surface area contributed by atoms with E-state index in [1.54, 1.807) is 0 Å². The van der Waals surface area contributed by atoms with E-state index in [0.717, 1.165) is 5.82 Å². The maximum Gasteiger partial charge on any atom is 0.153 e. The molecule has 0 unspecified atom stereocenters. The van der Waals surface area contributed by atoms with Gasteiger partial charge in [-0.1, -0.05) is 0 Å². The fourth-order valence-electron chi connectivity index (χ4n) is 2.84. The molecule has 2 aliphatic rings. The van der Waals surface area contributed by atoms with Crippen molar-refractivity contribution in [1.29, 1.82) is 0 Å². The van der Waals surface area contributed by atoms with E-state index in [9.17, 15) is 0 Å². The second-order valence-corrected chi connectivity index (χ2v) is 7.02. The molecule has 0 aromatic carbocycles. The Morgan fingerprint density at radius 1 is 1.16 bits per heavy atom. The van der Waals surface area contributed by atoms with Gasteiger partial charge < -0.3 is 4.57 Å². The Labute approximate surface area is 116 Å². The van der Waals surface area contributed by atoms with E-state index in [0.29, 0.717) is 18.0 Å². The molecule has 0 N–H and O–H groups in total. The minimum atomic E-state index is -0.0586. The standard InChI is InChI=1S/C15H26N4/c1-10(2)18(5)15(3,4)14-17-16-13(11-6-7-11)19(14)12-8-9-12/h10-12H,6-9H2,1-5H3. The summed E-state index contributed by atoms with van der Waals surface area (Å²) in [5, 5.41) is 9.12. The van der Waals surface area contributed by atoms with Gasteiger partial charge in [0.05, 0.1) is 5.54 Å². The van der Waals surface area contributed by atoms with Crippen LogP contribution in [0.3, 0.4) is 0 Å². The highest BCUT2D eigenvalue weighted by Gasteiger charge is 2.41. The van der Waals surface area contributed by atoms with Crippen LogP contribution < -0.4 is 0 Å². The van der Waals surface area contributed by atoms with E-state index < -0.39 is 0 Å². The number of rotatable bonds is 5. The normalized spacial score (nSPS) is 20.6. The second-order valence-electron chi connectivity index (χ2n) is 7.02. The third-order valence-corrected chi connectivity index (χ3v) is 4.78. The summed E-state index contributed by atoms with van der Waals surface area (Å²) < 4.78 is 2.47. The molecule has 0 spiro atoms. The average Bonchev–Trinajstić information content (AvgIpc) is 3.26. The minimum Gasteiger partial charge on any atom is -0.310 e. The molecule has 0 aliphatic heterocycles. The molecule has 106 valence electrons. The maximum absolute atomic E-state index is 4.59. The lowest BCUT2D eigenvalue weighted by atomic mass is 10.00. The monoisotopic (exact) mass is 262 g/mol. The van der Waals surface area contributed by atoms with Gasteiger partial charge in [-0.15, -0.1) is 10.2 Å². The van der Waals surface area contributed by atoms with Crippen molar-refractivity contribution in [3.05, 3.63) is 11.6 Å². The topological polar surface area (TPSA) is 34.0 Å². The van der Waals surface area contributed by atoms with Crippen molar-refractivity contribution < 1.29 is 0 Å².